The molecule has 0 bridgehead atoms. The predicted octanol–water partition coefficient (Wildman–Crippen LogP) is 2.13. The van der Waals surface area contributed by atoms with Crippen molar-refractivity contribution < 1.29 is 14.0 Å². The Morgan fingerprint density at radius 2 is 2.00 bits per heavy atom. The van der Waals surface area contributed by atoms with Crippen molar-refractivity contribution in [2.75, 3.05) is 11.9 Å². The fraction of sp³-hybridized carbons (Fsp3) is 0.250. The smallest absolute Gasteiger partial charge is 0.258 e. The SMILES string of the molecule is CCCNC(=O)c1cccc(NC(=O)c2coc(CN)c2)c1. The van der Waals surface area contributed by atoms with Crippen molar-refractivity contribution in [3.63, 3.8) is 0 Å². The quantitative estimate of drug-likeness (QED) is 0.761. The number of rotatable bonds is 6. The Kier molecular flexibility index (Phi) is 5.32. The summed E-state index contributed by atoms with van der Waals surface area (Å²) in [4.78, 5) is 24.0. The minimum Gasteiger partial charge on any atom is -0.467 e. The summed E-state index contributed by atoms with van der Waals surface area (Å²) >= 11 is 0. The third-order valence-corrected chi connectivity index (χ3v) is 3.04. The van der Waals surface area contributed by atoms with Gasteiger partial charge in [0.25, 0.3) is 11.8 Å². The van der Waals surface area contributed by atoms with E-state index in [1.807, 2.05) is 6.92 Å². The van der Waals surface area contributed by atoms with Gasteiger partial charge in [-0.25, -0.2) is 0 Å². The molecule has 2 rings (SSSR count). The van der Waals surface area contributed by atoms with E-state index in [9.17, 15) is 9.59 Å². The summed E-state index contributed by atoms with van der Waals surface area (Å²) in [7, 11) is 0. The number of carbonyl (C=O) groups is 2. The molecule has 0 aliphatic heterocycles. The lowest BCUT2D eigenvalue weighted by molar-refractivity contribution is 0.0952. The first-order chi connectivity index (χ1) is 10.6. The average Bonchev–Trinajstić information content (AvgIpc) is 3.02. The molecule has 0 spiro atoms. The fourth-order valence-electron chi connectivity index (χ4n) is 1.89. The van der Waals surface area contributed by atoms with E-state index in [-0.39, 0.29) is 18.4 Å². The summed E-state index contributed by atoms with van der Waals surface area (Å²) in [5.41, 5.74) is 6.88. The van der Waals surface area contributed by atoms with Crippen molar-refractivity contribution in [3.8, 4) is 0 Å². The lowest BCUT2D eigenvalue weighted by Crippen LogP contribution is -2.24. The highest BCUT2D eigenvalue weighted by atomic mass is 16.3. The number of benzene rings is 1. The van der Waals surface area contributed by atoms with Crippen LogP contribution in [0.1, 0.15) is 39.8 Å². The van der Waals surface area contributed by atoms with E-state index in [0.29, 0.717) is 29.1 Å². The molecule has 0 radical (unpaired) electrons. The Labute approximate surface area is 128 Å². The van der Waals surface area contributed by atoms with Crippen molar-refractivity contribution in [1.29, 1.82) is 0 Å². The molecular formula is C16H19N3O3. The molecule has 2 aromatic rings. The van der Waals surface area contributed by atoms with Gasteiger partial charge in [-0.05, 0) is 30.7 Å². The van der Waals surface area contributed by atoms with Crippen LogP contribution in [-0.2, 0) is 6.54 Å². The minimum atomic E-state index is -0.311. The van der Waals surface area contributed by atoms with E-state index in [2.05, 4.69) is 10.6 Å². The summed E-state index contributed by atoms with van der Waals surface area (Å²) in [6.07, 6.45) is 2.22. The molecule has 0 fully saturated rings. The highest BCUT2D eigenvalue weighted by Gasteiger charge is 2.11. The van der Waals surface area contributed by atoms with Gasteiger partial charge >= 0.3 is 0 Å². The Morgan fingerprint density at radius 1 is 1.18 bits per heavy atom. The molecule has 0 aliphatic carbocycles. The van der Waals surface area contributed by atoms with Gasteiger partial charge in [0.15, 0.2) is 0 Å². The van der Waals surface area contributed by atoms with Crippen molar-refractivity contribution in [2.45, 2.75) is 19.9 Å². The van der Waals surface area contributed by atoms with Gasteiger partial charge < -0.3 is 20.8 Å². The van der Waals surface area contributed by atoms with Crippen LogP contribution < -0.4 is 16.4 Å². The molecule has 2 amide bonds. The number of nitrogens with one attached hydrogen (secondary N) is 2. The van der Waals surface area contributed by atoms with Crippen LogP contribution in [0.3, 0.4) is 0 Å². The number of nitrogens with two attached hydrogens (primary N) is 1. The zero-order valence-electron chi connectivity index (χ0n) is 12.4. The van der Waals surface area contributed by atoms with Gasteiger partial charge in [0.05, 0.1) is 12.1 Å². The van der Waals surface area contributed by atoms with Crippen LogP contribution in [0.15, 0.2) is 41.0 Å². The maximum atomic E-state index is 12.1. The van der Waals surface area contributed by atoms with Gasteiger partial charge in [0.2, 0.25) is 0 Å². The highest BCUT2D eigenvalue weighted by molar-refractivity contribution is 6.05. The summed E-state index contributed by atoms with van der Waals surface area (Å²) in [6, 6.07) is 8.36. The topological polar surface area (TPSA) is 97.4 Å². The second-order valence-electron chi connectivity index (χ2n) is 4.80. The fourth-order valence-corrected chi connectivity index (χ4v) is 1.89. The number of furan rings is 1. The van der Waals surface area contributed by atoms with E-state index in [1.54, 1.807) is 30.3 Å². The molecule has 0 unspecified atom stereocenters. The van der Waals surface area contributed by atoms with E-state index in [0.717, 1.165) is 6.42 Å². The van der Waals surface area contributed by atoms with E-state index in [1.165, 1.54) is 6.26 Å². The molecule has 116 valence electrons. The van der Waals surface area contributed by atoms with E-state index < -0.39 is 0 Å². The first kappa shape index (κ1) is 15.8. The van der Waals surface area contributed by atoms with Crippen molar-refractivity contribution in [3.05, 3.63) is 53.5 Å². The summed E-state index contributed by atoms with van der Waals surface area (Å²) < 4.78 is 5.13. The number of hydrogen-bond acceptors (Lipinski definition) is 4. The van der Waals surface area contributed by atoms with Gasteiger partial charge in [-0.1, -0.05) is 13.0 Å². The van der Waals surface area contributed by atoms with Crippen molar-refractivity contribution in [1.82, 2.24) is 5.32 Å². The molecule has 4 N–H and O–H groups in total. The summed E-state index contributed by atoms with van der Waals surface area (Å²) in [6.45, 7) is 2.84. The second kappa shape index (κ2) is 7.42. The lowest BCUT2D eigenvalue weighted by Gasteiger charge is -2.07. The van der Waals surface area contributed by atoms with Crippen LogP contribution in [0.4, 0.5) is 5.69 Å². The van der Waals surface area contributed by atoms with E-state index >= 15 is 0 Å². The van der Waals surface area contributed by atoms with Crippen LogP contribution in [0, 0.1) is 0 Å². The molecule has 22 heavy (non-hydrogen) atoms. The Morgan fingerprint density at radius 3 is 2.68 bits per heavy atom. The zero-order valence-corrected chi connectivity index (χ0v) is 12.4. The zero-order chi connectivity index (χ0) is 15.9. The summed E-state index contributed by atoms with van der Waals surface area (Å²) in [5.74, 6) is 0.0686. The van der Waals surface area contributed by atoms with Gasteiger partial charge in [0.1, 0.15) is 12.0 Å². The number of anilines is 1. The minimum absolute atomic E-state index is 0.160. The van der Waals surface area contributed by atoms with E-state index in [4.69, 9.17) is 10.2 Å². The first-order valence-electron chi connectivity index (χ1n) is 7.11. The third-order valence-electron chi connectivity index (χ3n) is 3.04. The molecule has 6 heteroatoms. The summed E-state index contributed by atoms with van der Waals surface area (Å²) in [5, 5.41) is 5.52. The van der Waals surface area contributed by atoms with Gasteiger partial charge in [-0.3, -0.25) is 9.59 Å². The van der Waals surface area contributed by atoms with Gasteiger partial charge in [-0.2, -0.15) is 0 Å². The van der Waals surface area contributed by atoms with Crippen LogP contribution in [0.25, 0.3) is 0 Å². The monoisotopic (exact) mass is 301 g/mol. The molecule has 0 aliphatic rings. The molecular weight excluding hydrogens is 282 g/mol. The molecule has 0 atom stereocenters. The molecule has 1 heterocycles. The lowest BCUT2D eigenvalue weighted by atomic mass is 10.1. The van der Waals surface area contributed by atoms with Gasteiger partial charge in [-0.15, -0.1) is 0 Å². The predicted molar refractivity (Wildman–Crippen MR) is 83.6 cm³/mol. The molecule has 1 aromatic carbocycles. The van der Waals surface area contributed by atoms with Gasteiger partial charge in [0, 0.05) is 17.8 Å². The number of amides is 2. The maximum absolute atomic E-state index is 12.1. The second-order valence-corrected chi connectivity index (χ2v) is 4.80. The molecule has 1 aromatic heterocycles. The average molecular weight is 301 g/mol. The number of hydrogen-bond donors (Lipinski definition) is 3. The Hall–Kier alpha value is -2.60. The number of carbonyl (C=O) groups excluding carboxylic acids is 2. The largest absolute Gasteiger partial charge is 0.467 e. The molecule has 6 nitrogen and oxygen atoms in total. The first-order valence-corrected chi connectivity index (χ1v) is 7.11. The Balaban J connectivity index is 2.06. The Bertz CT molecular complexity index is 664. The van der Waals surface area contributed by atoms with Crippen molar-refractivity contribution >= 4 is 17.5 Å². The molecule has 0 saturated carbocycles. The standard InChI is InChI=1S/C16H19N3O3/c1-2-6-18-15(20)11-4-3-5-13(7-11)19-16(21)12-8-14(9-17)22-10-12/h3-5,7-8,10H,2,6,9,17H2,1H3,(H,18,20)(H,19,21). The van der Waals surface area contributed by atoms with Crippen LogP contribution in [0.5, 0.6) is 0 Å². The highest BCUT2D eigenvalue weighted by Crippen LogP contribution is 2.14. The normalized spacial score (nSPS) is 10.3. The molecule has 0 saturated heterocycles. The van der Waals surface area contributed by atoms with Crippen LogP contribution in [0.2, 0.25) is 0 Å². The van der Waals surface area contributed by atoms with Crippen LogP contribution in [-0.4, -0.2) is 18.4 Å². The maximum Gasteiger partial charge on any atom is 0.258 e. The van der Waals surface area contributed by atoms with Crippen LogP contribution >= 0.6 is 0 Å². The third kappa shape index (κ3) is 3.95. The van der Waals surface area contributed by atoms with Crippen molar-refractivity contribution in [2.24, 2.45) is 5.73 Å².